The van der Waals surface area contributed by atoms with Gasteiger partial charge in [-0.05, 0) is 23.3 Å². The molecule has 1 aliphatic rings. The van der Waals surface area contributed by atoms with Crippen molar-refractivity contribution in [2.75, 3.05) is 19.8 Å². The van der Waals surface area contributed by atoms with Crippen molar-refractivity contribution in [2.45, 2.75) is 16.2 Å². The van der Waals surface area contributed by atoms with Crippen LogP contribution in [-0.4, -0.2) is 47.4 Å². The molecule has 154 valence electrons. The molecule has 1 heterocycles. The predicted octanol–water partition coefficient (Wildman–Crippen LogP) is 4.69. The number of aromatic hydroxyl groups is 1. The van der Waals surface area contributed by atoms with Crippen molar-refractivity contribution >= 4 is 17.7 Å². The van der Waals surface area contributed by atoms with Crippen molar-refractivity contribution in [1.82, 2.24) is 0 Å². The van der Waals surface area contributed by atoms with Crippen LogP contribution in [0, 0.1) is 0 Å². The average molecular weight is 423 g/mol. The van der Waals surface area contributed by atoms with Crippen LogP contribution in [0.5, 0.6) is 5.75 Å². The normalized spacial score (nSPS) is 18.4. The van der Waals surface area contributed by atoms with Gasteiger partial charge < -0.3 is 19.7 Å². The highest BCUT2D eigenvalue weighted by Crippen LogP contribution is 2.43. The van der Waals surface area contributed by atoms with E-state index in [2.05, 4.69) is 0 Å². The Morgan fingerprint density at radius 3 is 2.07 bits per heavy atom. The van der Waals surface area contributed by atoms with Gasteiger partial charge in [-0.15, -0.1) is 11.8 Å². The molecule has 0 spiro atoms. The van der Waals surface area contributed by atoms with E-state index in [0.717, 1.165) is 27.1 Å². The minimum Gasteiger partial charge on any atom is -0.507 e. The Hall–Kier alpha value is -2.80. The van der Waals surface area contributed by atoms with Crippen molar-refractivity contribution in [1.29, 1.82) is 0 Å². The minimum absolute atomic E-state index is 0.0267. The number of benzene rings is 3. The Morgan fingerprint density at radius 2 is 1.53 bits per heavy atom. The maximum atomic E-state index is 11.1. The number of phenols is 1. The minimum atomic E-state index is -0.993. The fraction of sp³-hybridized carbons (Fsp3) is 0.208. The quantitative estimate of drug-likeness (QED) is 0.575. The van der Waals surface area contributed by atoms with Gasteiger partial charge in [0, 0.05) is 16.0 Å². The monoisotopic (exact) mass is 422 g/mol. The van der Waals surface area contributed by atoms with E-state index >= 15 is 0 Å². The molecule has 0 aromatic heterocycles. The zero-order chi connectivity index (χ0) is 20.9. The van der Waals surface area contributed by atoms with Gasteiger partial charge in [0.25, 0.3) is 0 Å². The van der Waals surface area contributed by atoms with E-state index in [0.29, 0.717) is 13.2 Å². The number of rotatable bonds is 7. The fourth-order valence-electron chi connectivity index (χ4n) is 3.49. The lowest BCUT2D eigenvalue weighted by atomic mass is 9.97. The summed E-state index contributed by atoms with van der Waals surface area (Å²) in [5.74, 6) is -0.758. The molecule has 4 rings (SSSR count). The van der Waals surface area contributed by atoms with Gasteiger partial charge in [-0.3, -0.25) is 0 Å². The first-order chi connectivity index (χ1) is 14.6. The molecule has 2 N–H and O–H groups in total. The van der Waals surface area contributed by atoms with Crippen LogP contribution < -0.4 is 0 Å². The number of carbonyl (C=O) groups is 1. The van der Waals surface area contributed by atoms with E-state index in [1.165, 1.54) is 0 Å². The van der Waals surface area contributed by atoms with Gasteiger partial charge in [-0.1, -0.05) is 60.7 Å². The predicted molar refractivity (Wildman–Crippen MR) is 117 cm³/mol. The second kappa shape index (κ2) is 9.34. The second-order valence-corrected chi connectivity index (χ2v) is 8.35. The summed E-state index contributed by atoms with van der Waals surface area (Å²) in [6.45, 7) is 0.516. The number of phenolic OH excluding ortho intramolecular Hbond substituents is 1. The molecule has 0 radical (unpaired) electrons. The number of hydrogen-bond acceptors (Lipinski definition) is 5. The summed E-state index contributed by atoms with van der Waals surface area (Å²) in [4.78, 5) is 11.8. The van der Waals surface area contributed by atoms with Gasteiger partial charge in [-0.25, -0.2) is 4.79 Å². The molecule has 0 amide bonds. The van der Waals surface area contributed by atoms with Crippen LogP contribution in [0.4, 0.5) is 0 Å². The van der Waals surface area contributed by atoms with Crippen LogP contribution in [0.2, 0.25) is 0 Å². The Kier molecular flexibility index (Phi) is 6.38. The molecule has 3 aromatic carbocycles. The fourth-order valence-corrected chi connectivity index (χ4v) is 4.68. The number of thioether (sulfide) groups is 1. The number of aliphatic carboxylic acids is 1. The average Bonchev–Trinajstić information content (AvgIpc) is 3.21. The molecule has 0 bridgehead atoms. The maximum absolute atomic E-state index is 11.1. The topological polar surface area (TPSA) is 76.0 Å². The number of carboxylic acids is 1. The third-order valence-corrected chi connectivity index (χ3v) is 6.19. The van der Waals surface area contributed by atoms with Crippen LogP contribution in [0.3, 0.4) is 0 Å². The van der Waals surface area contributed by atoms with Crippen LogP contribution in [0.1, 0.15) is 0 Å². The Balaban J connectivity index is 1.70. The second-order valence-electron chi connectivity index (χ2n) is 7.04. The SMILES string of the molecule is O=C(O)CO[C@@H]1COC[C@H]1Sc1cc(-c2ccccc2)c(O)c(-c2ccccc2)c1. The zero-order valence-corrected chi connectivity index (χ0v) is 17.0. The lowest BCUT2D eigenvalue weighted by Crippen LogP contribution is -2.27. The standard InChI is InChI=1S/C24H22O5S/c25-23(26)15-29-21-13-28-14-22(21)30-18-11-19(16-7-3-1-4-8-16)24(27)20(12-18)17-9-5-2-6-10-17/h1-12,21-22,27H,13-15H2,(H,25,26)/t21-,22-/m1/s1. The molecule has 0 unspecified atom stereocenters. The van der Waals surface area contributed by atoms with Gasteiger partial charge in [0.1, 0.15) is 12.4 Å². The number of carboxylic acid groups (broad SMARTS) is 1. The van der Waals surface area contributed by atoms with E-state index in [9.17, 15) is 9.90 Å². The molecule has 6 heteroatoms. The van der Waals surface area contributed by atoms with E-state index in [4.69, 9.17) is 14.6 Å². The van der Waals surface area contributed by atoms with Gasteiger partial charge in [-0.2, -0.15) is 0 Å². The first kappa shape index (κ1) is 20.5. The Bertz CT molecular complexity index is 946. The van der Waals surface area contributed by atoms with Crippen molar-refractivity contribution in [3.8, 4) is 28.0 Å². The first-order valence-corrected chi connectivity index (χ1v) is 10.6. The Morgan fingerprint density at radius 1 is 0.967 bits per heavy atom. The van der Waals surface area contributed by atoms with Gasteiger partial charge in [0.15, 0.2) is 0 Å². The van der Waals surface area contributed by atoms with Gasteiger partial charge >= 0.3 is 5.97 Å². The smallest absolute Gasteiger partial charge is 0.329 e. The summed E-state index contributed by atoms with van der Waals surface area (Å²) in [5.41, 5.74) is 3.36. The van der Waals surface area contributed by atoms with Crippen LogP contribution in [-0.2, 0) is 14.3 Å². The lowest BCUT2D eigenvalue weighted by Gasteiger charge is -2.19. The van der Waals surface area contributed by atoms with E-state index in [-0.39, 0.29) is 23.7 Å². The van der Waals surface area contributed by atoms with Gasteiger partial charge in [0.05, 0.1) is 24.6 Å². The summed E-state index contributed by atoms with van der Waals surface area (Å²) in [6, 6.07) is 23.5. The molecule has 1 saturated heterocycles. The van der Waals surface area contributed by atoms with Crippen molar-refractivity contribution in [3.05, 3.63) is 72.8 Å². The summed E-state index contributed by atoms with van der Waals surface area (Å²) < 4.78 is 11.0. The summed E-state index contributed by atoms with van der Waals surface area (Å²) in [7, 11) is 0. The maximum Gasteiger partial charge on any atom is 0.329 e. The molecule has 0 aliphatic carbocycles. The van der Waals surface area contributed by atoms with Crippen LogP contribution in [0.25, 0.3) is 22.3 Å². The molecule has 1 fully saturated rings. The molecule has 30 heavy (non-hydrogen) atoms. The number of ether oxygens (including phenoxy) is 2. The summed E-state index contributed by atoms with van der Waals surface area (Å²) in [6.07, 6.45) is -0.291. The largest absolute Gasteiger partial charge is 0.507 e. The summed E-state index contributed by atoms with van der Waals surface area (Å²) >= 11 is 1.58. The molecule has 3 aromatic rings. The molecule has 0 saturated carbocycles. The highest BCUT2D eigenvalue weighted by atomic mass is 32.2. The molecule has 5 nitrogen and oxygen atoms in total. The zero-order valence-electron chi connectivity index (χ0n) is 16.2. The highest BCUT2D eigenvalue weighted by Gasteiger charge is 2.31. The molecule has 2 atom stereocenters. The van der Waals surface area contributed by atoms with Crippen molar-refractivity contribution < 1.29 is 24.5 Å². The van der Waals surface area contributed by atoms with Crippen molar-refractivity contribution in [2.24, 2.45) is 0 Å². The lowest BCUT2D eigenvalue weighted by molar-refractivity contribution is -0.144. The summed E-state index contributed by atoms with van der Waals surface area (Å²) in [5, 5.41) is 19.9. The molecule has 1 aliphatic heterocycles. The number of hydrogen-bond donors (Lipinski definition) is 2. The molecular weight excluding hydrogens is 400 g/mol. The van der Waals surface area contributed by atoms with E-state index in [1.54, 1.807) is 11.8 Å². The third-order valence-electron chi connectivity index (χ3n) is 4.94. The third kappa shape index (κ3) is 4.67. The van der Waals surface area contributed by atoms with E-state index in [1.807, 2.05) is 72.8 Å². The van der Waals surface area contributed by atoms with Crippen LogP contribution in [0.15, 0.2) is 77.7 Å². The van der Waals surface area contributed by atoms with E-state index < -0.39 is 5.97 Å². The van der Waals surface area contributed by atoms with Gasteiger partial charge in [0.2, 0.25) is 0 Å². The highest BCUT2D eigenvalue weighted by molar-refractivity contribution is 8.00. The first-order valence-electron chi connectivity index (χ1n) is 9.67. The Labute approximate surface area is 179 Å². The van der Waals surface area contributed by atoms with Crippen LogP contribution >= 0.6 is 11.8 Å². The van der Waals surface area contributed by atoms with Crippen molar-refractivity contribution in [3.63, 3.8) is 0 Å². The molecular formula is C24H22O5S.